The quantitative estimate of drug-likeness (QED) is 0.763. The van der Waals surface area contributed by atoms with Crippen molar-refractivity contribution in [3.8, 4) is 0 Å². The highest BCUT2D eigenvalue weighted by Gasteiger charge is 2.11. The molecule has 1 aromatic carbocycles. The Labute approximate surface area is 134 Å². The summed E-state index contributed by atoms with van der Waals surface area (Å²) in [5, 5.41) is 5.98. The second kappa shape index (κ2) is 7.76. The zero-order valence-corrected chi connectivity index (χ0v) is 13.6. The van der Waals surface area contributed by atoms with Crippen LogP contribution in [0.4, 0.5) is 0 Å². The van der Waals surface area contributed by atoms with E-state index in [1.54, 1.807) is 24.3 Å². The number of unbranched alkanes of at least 4 members (excludes halogenated alkanes) is 2. The predicted octanol–water partition coefficient (Wildman–Crippen LogP) is 1.77. The third-order valence-electron chi connectivity index (χ3n) is 3.83. The zero-order chi connectivity index (χ0) is 16.8. The average molecular weight is 317 g/mol. The Bertz CT molecular complexity index is 792. The van der Waals surface area contributed by atoms with Crippen LogP contribution < -0.4 is 16.4 Å². The topological polar surface area (TPSA) is 84.0 Å². The van der Waals surface area contributed by atoms with Gasteiger partial charge in [-0.15, -0.1) is 0 Å². The first kappa shape index (κ1) is 17.0. The molecular formula is C17H23N3O3. The van der Waals surface area contributed by atoms with Gasteiger partial charge in [0, 0.05) is 6.04 Å². The summed E-state index contributed by atoms with van der Waals surface area (Å²) in [6, 6.07) is 6.64. The summed E-state index contributed by atoms with van der Waals surface area (Å²) in [6.45, 7) is 3.89. The number of fused-ring (bicyclic) bond motifs is 1. The van der Waals surface area contributed by atoms with Gasteiger partial charge in [-0.25, -0.2) is 4.68 Å². The Morgan fingerprint density at radius 2 is 1.91 bits per heavy atom. The van der Waals surface area contributed by atoms with Gasteiger partial charge >= 0.3 is 0 Å². The molecule has 6 nitrogen and oxygen atoms in total. The van der Waals surface area contributed by atoms with E-state index in [2.05, 4.69) is 17.3 Å². The Kier molecular flexibility index (Phi) is 5.73. The van der Waals surface area contributed by atoms with Gasteiger partial charge in [0.2, 0.25) is 5.91 Å². The van der Waals surface area contributed by atoms with Crippen LogP contribution in [0.15, 0.2) is 33.9 Å². The molecule has 2 rings (SSSR count). The van der Waals surface area contributed by atoms with Crippen LogP contribution in [0, 0.1) is 0 Å². The van der Waals surface area contributed by atoms with Crippen molar-refractivity contribution in [2.75, 3.05) is 0 Å². The Morgan fingerprint density at radius 1 is 1.22 bits per heavy atom. The molecule has 0 aliphatic carbocycles. The Balaban J connectivity index is 2.10. The van der Waals surface area contributed by atoms with Gasteiger partial charge in [-0.3, -0.25) is 19.5 Å². The molecule has 0 radical (unpaired) electrons. The fourth-order valence-electron chi connectivity index (χ4n) is 2.59. The molecule has 1 atom stereocenters. The molecule has 0 aliphatic rings. The largest absolute Gasteiger partial charge is 0.352 e. The van der Waals surface area contributed by atoms with E-state index < -0.39 is 0 Å². The minimum Gasteiger partial charge on any atom is -0.352 e. The fraction of sp³-hybridized carbons (Fsp3) is 0.471. The number of amides is 1. The lowest BCUT2D eigenvalue weighted by Gasteiger charge is -2.14. The van der Waals surface area contributed by atoms with Gasteiger partial charge < -0.3 is 5.32 Å². The number of aromatic amines is 1. The highest BCUT2D eigenvalue weighted by molar-refractivity contribution is 5.81. The van der Waals surface area contributed by atoms with Crippen LogP contribution in [0.3, 0.4) is 0 Å². The summed E-state index contributed by atoms with van der Waals surface area (Å²) in [5.41, 5.74) is -0.738. The number of rotatable bonds is 7. The molecule has 1 aromatic heterocycles. The van der Waals surface area contributed by atoms with Crippen LogP contribution in [-0.4, -0.2) is 21.7 Å². The molecule has 0 saturated carbocycles. The predicted molar refractivity (Wildman–Crippen MR) is 90.6 cm³/mol. The smallest absolute Gasteiger partial charge is 0.273 e. The fourth-order valence-corrected chi connectivity index (χ4v) is 2.59. The summed E-state index contributed by atoms with van der Waals surface area (Å²) in [5.74, 6) is -0.276. The Hall–Kier alpha value is -2.37. The Morgan fingerprint density at radius 3 is 2.61 bits per heavy atom. The van der Waals surface area contributed by atoms with E-state index in [0.717, 1.165) is 30.4 Å². The van der Waals surface area contributed by atoms with E-state index in [0.29, 0.717) is 10.8 Å². The SMILES string of the molecule is CCCCCC(C)NC(=O)Cn1[nH]c(=O)c2ccccc2c1=O. The van der Waals surface area contributed by atoms with E-state index in [9.17, 15) is 14.4 Å². The molecule has 6 heteroatoms. The number of benzene rings is 1. The maximum atomic E-state index is 12.3. The van der Waals surface area contributed by atoms with Gasteiger partial charge in [-0.1, -0.05) is 38.3 Å². The van der Waals surface area contributed by atoms with Gasteiger partial charge in [0.25, 0.3) is 11.1 Å². The first-order valence-electron chi connectivity index (χ1n) is 8.04. The van der Waals surface area contributed by atoms with Gasteiger partial charge in [-0.2, -0.15) is 0 Å². The second-order valence-corrected chi connectivity index (χ2v) is 5.84. The van der Waals surface area contributed by atoms with Gasteiger partial charge in [-0.05, 0) is 25.5 Å². The number of nitrogens with one attached hydrogen (secondary N) is 2. The van der Waals surface area contributed by atoms with Crippen molar-refractivity contribution < 1.29 is 4.79 Å². The standard InChI is InChI=1S/C17H23N3O3/c1-3-4-5-8-12(2)18-15(21)11-20-17(23)14-10-7-6-9-13(14)16(22)19-20/h6-7,9-10,12H,3-5,8,11H2,1-2H3,(H,18,21)(H,19,22). The molecule has 124 valence electrons. The minimum atomic E-state index is -0.371. The summed E-state index contributed by atoms with van der Waals surface area (Å²) in [4.78, 5) is 36.4. The number of hydrogen-bond acceptors (Lipinski definition) is 3. The lowest BCUT2D eigenvalue weighted by atomic mass is 10.1. The molecule has 23 heavy (non-hydrogen) atoms. The van der Waals surface area contributed by atoms with Crippen LogP contribution in [0.1, 0.15) is 39.5 Å². The van der Waals surface area contributed by atoms with E-state index in [-0.39, 0.29) is 29.6 Å². The van der Waals surface area contributed by atoms with Crippen molar-refractivity contribution in [3.05, 3.63) is 45.0 Å². The van der Waals surface area contributed by atoms with Crippen LogP contribution >= 0.6 is 0 Å². The van der Waals surface area contributed by atoms with Crippen molar-refractivity contribution in [1.82, 2.24) is 15.1 Å². The monoisotopic (exact) mass is 317 g/mol. The molecule has 0 fully saturated rings. The third kappa shape index (κ3) is 4.31. The van der Waals surface area contributed by atoms with Gasteiger partial charge in [0.1, 0.15) is 6.54 Å². The number of aromatic nitrogens is 2. The van der Waals surface area contributed by atoms with Gasteiger partial charge in [0.05, 0.1) is 10.8 Å². The molecule has 1 unspecified atom stereocenters. The first-order valence-corrected chi connectivity index (χ1v) is 8.04. The molecule has 0 aliphatic heterocycles. The van der Waals surface area contributed by atoms with Crippen LogP contribution in [0.25, 0.3) is 10.8 Å². The van der Waals surface area contributed by atoms with E-state index in [1.807, 2.05) is 6.92 Å². The summed E-state index contributed by atoms with van der Waals surface area (Å²) >= 11 is 0. The molecule has 0 spiro atoms. The van der Waals surface area contributed by atoms with Crippen molar-refractivity contribution in [2.24, 2.45) is 0 Å². The van der Waals surface area contributed by atoms with E-state index in [1.165, 1.54) is 0 Å². The summed E-state index contributed by atoms with van der Waals surface area (Å²) in [6.07, 6.45) is 4.24. The molecule has 1 amide bonds. The number of carbonyl (C=O) groups is 1. The summed E-state index contributed by atoms with van der Waals surface area (Å²) in [7, 11) is 0. The lowest BCUT2D eigenvalue weighted by Crippen LogP contribution is -2.39. The maximum Gasteiger partial charge on any atom is 0.273 e. The second-order valence-electron chi connectivity index (χ2n) is 5.84. The summed E-state index contributed by atoms with van der Waals surface area (Å²) < 4.78 is 1.07. The van der Waals surface area contributed by atoms with Crippen LogP contribution in [0.2, 0.25) is 0 Å². The van der Waals surface area contributed by atoms with Crippen LogP contribution in [0.5, 0.6) is 0 Å². The molecule has 0 saturated heterocycles. The first-order chi connectivity index (χ1) is 11.0. The average Bonchev–Trinajstić information content (AvgIpc) is 2.52. The van der Waals surface area contributed by atoms with Gasteiger partial charge in [0.15, 0.2) is 0 Å². The minimum absolute atomic E-state index is 0.0527. The van der Waals surface area contributed by atoms with Crippen molar-refractivity contribution in [1.29, 1.82) is 0 Å². The molecule has 2 aromatic rings. The third-order valence-corrected chi connectivity index (χ3v) is 3.83. The normalized spacial score (nSPS) is 12.3. The molecule has 2 N–H and O–H groups in total. The number of carbonyl (C=O) groups excluding carboxylic acids is 1. The maximum absolute atomic E-state index is 12.3. The number of nitrogens with zero attached hydrogens (tertiary/aromatic N) is 1. The van der Waals surface area contributed by atoms with Crippen molar-refractivity contribution >= 4 is 16.7 Å². The zero-order valence-electron chi connectivity index (χ0n) is 13.6. The van der Waals surface area contributed by atoms with Crippen LogP contribution in [-0.2, 0) is 11.3 Å². The van der Waals surface area contributed by atoms with E-state index >= 15 is 0 Å². The highest BCUT2D eigenvalue weighted by atomic mass is 16.2. The van der Waals surface area contributed by atoms with Crippen molar-refractivity contribution in [3.63, 3.8) is 0 Å². The molecular weight excluding hydrogens is 294 g/mol. The highest BCUT2D eigenvalue weighted by Crippen LogP contribution is 2.04. The number of H-pyrrole nitrogens is 1. The number of hydrogen-bond donors (Lipinski definition) is 2. The lowest BCUT2D eigenvalue weighted by molar-refractivity contribution is -0.122. The molecule has 0 bridgehead atoms. The van der Waals surface area contributed by atoms with E-state index in [4.69, 9.17) is 0 Å². The van der Waals surface area contributed by atoms with Crippen molar-refractivity contribution in [2.45, 2.75) is 52.1 Å². The molecule has 1 heterocycles.